The van der Waals surface area contributed by atoms with Gasteiger partial charge in [-0.3, -0.25) is 0 Å². The number of hydrogen-bond donors (Lipinski definition) is 1. The number of nitrogens with one attached hydrogen (secondary N) is 1. The fraction of sp³-hybridized carbons (Fsp3) is 0.471. The molecular formula is C17H24N2O2S. The first-order chi connectivity index (χ1) is 10.8. The zero-order valence-corrected chi connectivity index (χ0v) is 14.1. The number of aryl methyl sites for hydroxylation is 1. The molecule has 1 N–H and O–H groups in total. The molecule has 1 aromatic carbocycles. The molecule has 5 heteroatoms. The van der Waals surface area contributed by atoms with Gasteiger partial charge in [0, 0.05) is 25.1 Å². The molecule has 0 aliphatic rings. The number of thiazole rings is 1. The largest absolute Gasteiger partial charge is 0.486 e. The van der Waals surface area contributed by atoms with E-state index in [4.69, 9.17) is 9.47 Å². The minimum atomic E-state index is 0.526. The predicted octanol–water partition coefficient (Wildman–Crippen LogP) is 3.55. The molecule has 0 aliphatic heterocycles. The molecule has 0 unspecified atom stereocenters. The minimum Gasteiger partial charge on any atom is -0.486 e. The first-order valence-corrected chi connectivity index (χ1v) is 8.57. The fourth-order valence-corrected chi connectivity index (χ4v) is 2.64. The quantitative estimate of drug-likeness (QED) is 0.680. The number of benzene rings is 1. The zero-order chi connectivity index (χ0) is 15.6. The molecule has 0 saturated heterocycles. The number of nitrogens with zero attached hydrogens (tertiary/aromatic N) is 1. The number of ether oxygens (including phenoxy) is 2. The summed E-state index contributed by atoms with van der Waals surface area (Å²) < 4.78 is 11.0. The molecule has 4 nitrogen and oxygen atoms in total. The third kappa shape index (κ3) is 6.13. The highest BCUT2D eigenvalue weighted by atomic mass is 32.1. The van der Waals surface area contributed by atoms with E-state index in [1.807, 2.05) is 19.1 Å². The molecule has 0 radical (unpaired) electrons. The van der Waals surface area contributed by atoms with Gasteiger partial charge in [0.15, 0.2) is 0 Å². The molecule has 22 heavy (non-hydrogen) atoms. The van der Waals surface area contributed by atoms with Crippen LogP contribution in [0.15, 0.2) is 29.6 Å². The molecule has 2 aromatic rings. The van der Waals surface area contributed by atoms with Crippen LogP contribution in [0.4, 0.5) is 0 Å². The standard InChI is InChI=1S/C17H24N2O2S/c1-3-20-10-4-9-18-11-15-13-22-17(19-15)12-21-16-7-5-14(2)6-8-16/h5-8,13,18H,3-4,9-12H2,1-2H3. The van der Waals surface area contributed by atoms with Crippen LogP contribution in [-0.4, -0.2) is 24.7 Å². The lowest BCUT2D eigenvalue weighted by Gasteiger charge is -2.04. The topological polar surface area (TPSA) is 43.4 Å². The highest BCUT2D eigenvalue weighted by molar-refractivity contribution is 7.09. The van der Waals surface area contributed by atoms with E-state index in [1.165, 1.54) is 5.56 Å². The lowest BCUT2D eigenvalue weighted by Crippen LogP contribution is -2.16. The lowest BCUT2D eigenvalue weighted by atomic mass is 10.2. The van der Waals surface area contributed by atoms with Gasteiger partial charge in [0.25, 0.3) is 0 Å². The molecule has 0 amide bonds. The first kappa shape index (κ1) is 16.9. The molecule has 0 atom stereocenters. The first-order valence-electron chi connectivity index (χ1n) is 7.69. The lowest BCUT2D eigenvalue weighted by molar-refractivity contribution is 0.144. The van der Waals surface area contributed by atoms with E-state index in [1.54, 1.807) is 11.3 Å². The summed E-state index contributed by atoms with van der Waals surface area (Å²) in [6, 6.07) is 8.08. The Hall–Kier alpha value is -1.43. The second-order valence-electron chi connectivity index (χ2n) is 5.06. The second-order valence-corrected chi connectivity index (χ2v) is 6.00. The maximum absolute atomic E-state index is 5.74. The number of hydrogen-bond acceptors (Lipinski definition) is 5. The van der Waals surface area contributed by atoms with E-state index < -0.39 is 0 Å². The van der Waals surface area contributed by atoms with Crippen LogP contribution in [0.25, 0.3) is 0 Å². The Labute approximate surface area is 136 Å². The molecule has 2 rings (SSSR count). The van der Waals surface area contributed by atoms with Crippen LogP contribution in [0, 0.1) is 6.92 Å². The van der Waals surface area contributed by atoms with Crippen molar-refractivity contribution in [1.29, 1.82) is 0 Å². The molecular weight excluding hydrogens is 296 g/mol. The van der Waals surface area contributed by atoms with Crippen molar-refractivity contribution in [1.82, 2.24) is 10.3 Å². The second kappa shape index (κ2) is 9.56. The average molecular weight is 320 g/mol. The molecule has 1 heterocycles. The summed E-state index contributed by atoms with van der Waals surface area (Å²) in [4.78, 5) is 4.58. The maximum atomic E-state index is 5.74. The van der Waals surface area contributed by atoms with Crippen LogP contribution in [-0.2, 0) is 17.9 Å². The summed E-state index contributed by atoms with van der Waals surface area (Å²) in [6.45, 7) is 7.96. The Balaban J connectivity index is 1.66. The monoisotopic (exact) mass is 320 g/mol. The Kier molecular flexibility index (Phi) is 7.36. The Morgan fingerprint density at radius 3 is 2.82 bits per heavy atom. The zero-order valence-electron chi connectivity index (χ0n) is 13.3. The molecule has 0 bridgehead atoms. The van der Waals surface area contributed by atoms with Crippen LogP contribution in [0.2, 0.25) is 0 Å². The van der Waals surface area contributed by atoms with Crippen molar-refractivity contribution < 1.29 is 9.47 Å². The fourth-order valence-electron chi connectivity index (χ4n) is 1.94. The average Bonchev–Trinajstić information content (AvgIpc) is 2.98. The van der Waals surface area contributed by atoms with Crippen molar-refractivity contribution in [2.75, 3.05) is 19.8 Å². The van der Waals surface area contributed by atoms with Gasteiger partial charge >= 0.3 is 0 Å². The molecule has 120 valence electrons. The van der Waals surface area contributed by atoms with Crippen molar-refractivity contribution in [3.8, 4) is 5.75 Å². The van der Waals surface area contributed by atoms with Gasteiger partial charge in [-0.2, -0.15) is 0 Å². The highest BCUT2D eigenvalue weighted by Gasteiger charge is 2.03. The van der Waals surface area contributed by atoms with Gasteiger partial charge in [0.1, 0.15) is 17.4 Å². The van der Waals surface area contributed by atoms with E-state index in [-0.39, 0.29) is 0 Å². The van der Waals surface area contributed by atoms with Gasteiger partial charge in [-0.15, -0.1) is 11.3 Å². The van der Waals surface area contributed by atoms with Gasteiger partial charge in [-0.25, -0.2) is 4.98 Å². The van der Waals surface area contributed by atoms with Gasteiger partial charge in [0.2, 0.25) is 0 Å². The van der Waals surface area contributed by atoms with E-state index in [0.29, 0.717) is 6.61 Å². The summed E-state index contributed by atoms with van der Waals surface area (Å²) in [7, 11) is 0. The van der Waals surface area contributed by atoms with E-state index in [9.17, 15) is 0 Å². The SMILES string of the molecule is CCOCCCNCc1csc(COc2ccc(C)cc2)n1. The van der Waals surface area contributed by atoms with Crippen molar-refractivity contribution in [3.63, 3.8) is 0 Å². The third-order valence-corrected chi connectivity index (χ3v) is 4.01. The molecule has 0 aliphatic carbocycles. The third-order valence-electron chi connectivity index (χ3n) is 3.14. The van der Waals surface area contributed by atoms with Crippen LogP contribution in [0.5, 0.6) is 5.75 Å². The minimum absolute atomic E-state index is 0.526. The summed E-state index contributed by atoms with van der Waals surface area (Å²) in [5, 5.41) is 6.47. The van der Waals surface area contributed by atoms with E-state index in [2.05, 4.69) is 34.7 Å². The molecule has 0 spiro atoms. The maximum Gasteiger partial charge on any atom is 0.140 e. The molecule has 0 saturated carbocycles. The number of aromatic nitrogens is 1. The van der Waals surface area contributed by atoms with Gasteiger partial charge in [-0.1, -0.05) is 17.7 Å². The van der Waals surface area contributed by atoms with Gasteiger partial charge < -0.3 is 14.8 Å². The van der Waals surface area contributed by atoms with Gasteiger partial charge in [-0.05, 0) is 38.9 Å². The Bertz CT molecular complexity index is 540. The summed E-state index contributed by atoms with van der Waals surface area (Å²) in [5.74, 6) is 0.886. The highest BCUT2D eigenvalue weighted by Crippen LogP contribution is 2.16. The molecule has 1 aromatic heterocycles. The smallest absolute Gasteiger partial charge is 0.140 e. The predicted molar refractivity (Wildman–Crippen MR) is 90.4 cm³/mol. The normalized spacial score (nSPS) is 10.8. The summed E-state index contributed by atoms with van der Waals surface area (Å²) in [5.41, 5.74) is 2.31. The van der Waals surface area contributed by atoms with E-state index in [0.717, 1.165) is 49.2 Å². The van der Waals surface area contributed by atoms with Crippen molar-refractivity contribution >= 4 is 11.3 Å². The van der Waals surface area contributed by atoms with Crippen LogP contribution in [0.3, 0.4) is 0 Å². The van der Waals surface area contributed by atoms with Crippen molar-refractivity contribution in [3.05, 3.63) is 45.9 Å². The number of rotatable bonds is 10. The summed E-state index contributed by atoms with van der Waals surface area (Å²) >= 11 is 1.64. The van der Waals surface area contributed by atoms with Crippen LogP contribution in [0.1, 0.15) is 29.6 Å². The summed E-state index contributed by atoms with van der Waals surface area (Å²) in [6.07, 6.45) is 1.03. The van der Waals surface area contributed by atoms with Crippen molar-refractivity contribution in [2.24, 2.45) is 0 Å². The Morgan fingerprint density at radius 1 is 1.23 bits per heavy atom. The molecule has 0 fully saturated rings. The van der Waals surface area contributed by atoms with Crippen molar-refractivity contribution in [2.45, 2.75) is 33.4 Å². The van der Waals surface area contributed by atoms with Gasteiger partial charge in [0.05, 0.1) is 5.69 Å². The van der Waals surface area contributed by atoms with Crippen LogP contribution < -0.4 is 10.1 Å². The van der Waals surface area contributed by atoms with E-state index >= 15 is 0 Å². The van der Waals surface area contributed by atoms with Crippen LogP contribution >= 0.6 is 11.3 Å². The Morgan fingerprint density at radius 2 is 2.05 bits per heavy atom.